The molecule has 0 amide bonds. The molecule has 0 fully saturated rings. The number of Topliss-reactive ketones (excluding diaryl/α,β-unsaturated/α-hetero) is 1. The maximum absolute atomic E-state index is 13.4. The van der Waals surface area contributed by atoms with Crippen molar-refractivity contribution in [3.05, 3.63) is 35.6 Å². The van der Waals surface area contributed by atoms with Crippen molar-refractivity contribution in [1.29, 1.82) is 0 Å². The zero-order chi connectivity index (χ0) is 13.8. The van der Waals surface area contributed by atoms with Crippen molar-refractivity contribution in [2.75, 3.05) is 0 Å². The molecule has 0 spiro atoms. The first-order valence-electron chi connectivity index (χ1n) is 6.05. The first-order valence-corrected chi connectivity index (χ1v) is 6.45. The summed E-state index contributed by atoms with van der Waals surface area (Å²) in [4.78, 5) is 12.6. The van der Waals surface area contributed by atoms with Crippen LogP contribution in [0.5, 0.6) is 0 Å². The van der Waals surface area contributed by atoms with Crippen LogP contribution in [0.25, 0.3) is 0 Å². The number of hydrogen-bond acceptors (Lipinski definition) is 2. The second kappa shape index (κ2) is 6.19. The Morgan fingerprint density at radius 1 is 1.28 bits per heavy atom. The van der Waals surface area contributed by atoms with E-state index in [0.717, 1.165) is 11.3 Å². The van der Waals surface area contributed by atoms with E-state index in [-0.39, 0.29) is 29.9 Å². The van der Waals surface area contributed by atoms with Gasteiger partial charge >= 0.3 is 0 Å². The summed E-state index contributed by atoms with van der Waals surface area (Å²) in [5, 5.41) is 0. The SMILES string of the molecule is CC(C)(C)CC(=S)CC(=O)Cc1ccccc1F. The number of ketones is 1. The van der Waals surface area contributed by atoms with Crippen molar-refractivity contribution in [2.45, 2.75) is 40.0 Å². The monoisotopic (exact) mass is 266 g/mol. The van der Waals surface area contributed by atoms with E-state index in [4.69, 9.17) is 12.2 Å². The van der Waals surface area contributed by atoms with E-state index in [1.54, 1.807) is 18.2 Å². The first-order chi connectivity index (χ1) is 8.28. The van der Waals surface area contributed by atoms with Gasteiger partial charge in [-0.2, -0.15) is 0 Å². The van der Waals surface area contributed by atoms with Crippen LogP contribution in [0, 0.1) is 11.2 Å². The van der Waals surface area contributed by atoms with Gasteiger partial charge in [0, 0.05) is 17.7 Å². The minimum Gasteiger partial charge on any atom is -0.299 e. The molecule has 18 heavy (non-hydrogen) atoms. The number of hydrogen-bond donors (Lipinski definition) is 0. The van der Waals surface area contributed by atoms with E-state index in [1.807, 2.05) is 0 Å². The maximum atomic E-state index is 13.4. The molecule has 0 saturated carbocycles. The summed E-state index contributed by atoms with van der Waals surface area (Å²) >= 11 is 5.21. The molecule has 1 nitrogen and oxygen atoms in total. The summed E-state index contributed by atoms with van der Waals surface area (Å²) in [6.07, 6.45) is 1.13. The lowest BCUT2D eigenvalue weighted by Gasteiger charge is -2.18. The lowest BCUT2D eigenvalue weighted by Crippen LogP contribution is -2.16. The quantitative estimate of drug-likeness (QED) is 0.745. The molecule has 1 rings (SSSR count). The van der Waals surface area contributed by atoms with Gasteiger partial charge in [-0.1, -0.05) is 51.2 Å². The summed E-state index contributed by atoms with van der Waals surface area (Å²) in [6, 6.07) is 6.36. The summed E-state index contributed by atoms with van der Waals surface area (Å²) in [5.74, 6) is -0.345. The van der Waals surface area contributed by atoms with Gasteiger partial charge in [-0.3, -0.25) is 4.79 Å². The van der Waals surface area contributed by atoms with Crippen LogP contribution in [0.15, 0.2) is 24.3 Å². The Hall–Kier alpha value is -1.09. The Morgan fingerprint density at radius 2 is 1.89 bits per heavy atom. The van der Waals surface area contributed by atoms with Gasteiger partial charge in [0.05, 0.1) is 0 Å². The van der Waals surface area contributed by atoms with Crippen LogP contribution in [0.4, 0.5) is 4.39 Å². The molecule has 0 aliphatic rings. The molecule has 0 unspecified atom stereocenters. The molecule has 0 aromatic heterocycles. The molecule has 3 heteroatoms. The minimum atomic E-state index is -0.326. The highest BCUT2D eigenvalue weighted by Crippen LogP contribution is 2.21. The second-order valence-corrected chi connectivity index (χ2v) is 6.34. The fourth-order valence-corrected chi connectivity index (χ4v) is 2.38. The Kier molecular flexibility index (Phi) is 5.15. The smallest absolute Gasteiger partial charge is 0.142 e. The van der Waals surface area contributed by atoms with Gasteiger partial charge in [0.25, 0.3) is 0 Å². The summed E-state index contributed by atoms with van der Waals surface area (Å²) in [7, 11) is 0. The summed E-state index contributed by atoms with van der Waals surface area (Å²) in [6.45, 7) is 6.25. The third-order valence-corrected chi connectivity index (χ3v) is 2.76. The third-order valence-electron chi connectivity index (χ3n) is 2.47. The lowest BCUT2D eigenvalue weighted by molar-refractivity contribution is -0.117. The predicted molar refractivity (Wildman–Crippen MR) is 76.4 cm³/mol. The molecule has 0 bridgehead atoms. The van der Waals surface area contributed by atoms with Crippen molar-refractivity contribution in [2.24, 2.45) is 5.41 Å². The van der Waals surface area contributed by atoms with Crippen LogP contribution in [0.1, 0.15) is 39.2 Å². The molecule has 0 radical (unpaired) electrons. The van der Waals surface area contributed by atoms with E-state index in [9.17, 15) is 9.18 Å². The second-order valence-electron chi connectivity index (χ2n) is 5.76. The van der Waals surface area contributed by atoms with E-state index in [1.165, 1.54) is 6.07 Å². The first kappa shape index (κ1) is 15.0. The summed E-state index contributed by atoms with van der Waals surface area (Å²) in [5.41, 5.74) is 0.538. The third kappa shape index (κ3) is 5.50. The summed E-state index contributed by atoms with van der Waals surface area (Å²) < 4.78 is 13.4. The molecule has 98 valence electrons. The van der Waals surface area contributed by atoms with Crippen molar-refractivity contribution >= 4 is 22.9 Å². The molecule has 0 aliphatic carbocycles. The average Bonchev–Trinajstić information content (AvgIpc) is 2.18. The fourth-order valence-electron chi connectivity index (χ4n) is 1.79. The molecular weight excluding hydrogens is 247 g/mol. The fraction of sp³-hybridized carbons (Fsp3) is 0.467. The van der Waals surface area contributed by atoms with Crippen molar-refractivity contribution in [1.82, 2.24) is 0 Å². The Morgan fingerprint density at radius 3 is 2.44 bits per heavy atom. The topological polar surface area (TPSA) is 17.1 Å². The zero-order valence-electron chi connectivity index (χ0n) is 11.1. The van der Waals surface area contributed by atoms with Crippen LogP contribution in [0.3, 0.4) is 0 Å². The number of rotatable bonds is 5. The van der Waals surface area contributed by atoms with Crippen LogP contribution in [0.2, 0.25) is 0 Å². The number of halogens is 1. The maximum Gasteiger partial charge on any atom is 0.142 e. The predicted octanol–water partition coefficient (Wildman–Crippen LogP) is 4.13. The van der Waals surface area contributed by atoms with E-state index >= 15 is 0 Å². The molecule has 0 aliphatic heterocycles. The molecule has 0 atom stereocenters. The number of benzene rings is 1. The molecule has 0 saturated heterocycles. The van der Waals surface area contributed by atoms with Crippen LogP contribution in [-0.2, 0) is 11.2 Å². The van der Waals surface area contributed by atoms with Gasteiger partial charge < -0.3 is 0 Å². The highest BCUT2D eigenvalue weighted by molar-refractivity contribution is 7.80. The zero-order valence-corrected chi connectivity index (χ0v) is 11.9. The van der Waals surface area contributed by atoms with Crippen LogP contribution in [-0.4, -0.2) is 10.6 Å². The molecule has 1 aromatic rings. The lowest BCUT2D eigenvalue weighted by atomic mass is 9.89. The highest BCUT2D eigenvalue weighted by atomic mass is 32.1. The van der Waals surface area contributed by atoms with Crippen molar-refractivity contribution < 1.29 is 9.18 Å². The average molecular weight is 266 g/mol. The Labute approximate surface area is 113 Å². The molecular formula is C15H19FOS. The van der Waals surface area contributed by atoms with Gasteiger partial charge in [-0.05, 0) is 23.5 Å². The molecule has 0 N–H and O–H groups in total. The van der Waals surface area contributed by atoms with Gasteiger partial charge in [-0.25, -0.2) is 4.39 Å². The van der Waals surface area contributed by atoms with Gasteiger partial charge in [0.2, 0.25) is 0 Å². The number of carbonyl (C=O) groups is 1. The van der Waals surface area contributed by atoms with Crippen LogP contribution >= 0.6 is 12.2 Å². The van der Waals surface area contributed by atoms with Gasteiger partial charge in [-0.15, -0.1) is 0 Å². The van der Waals surface area contributed by atoms with Crippen molar-refractivity contribution in [3.63, 3.8) is 0 Å². The Bertz CT molecular complexity index is 446. The van der Waals surface area contributed by atoms with Crippen molar-refractivity contribution in [3.8, 4) is 0 Å². The highest BCUT2D eigenvalue weighted by Gasteiger charge is 2.16. The molecule has 0 heterocycles. The Balaban J connectivity index is 2.53. The van der Waals surface area contributed by atoms with E-state index in [0.29, 0.717) is 5.56 Å². The minimum absolute atomic E-state index is 0.0191. The van der Waals surface area contributed by atoms with Gasteiger partial charge in [0.15, 0.2) is 0 Å². The van der Waals surface area contributed by atoms with Gasteiger partial charge in [0.1, 0.15) is 11.6 Å². The number of carbonyl (C=O) groups excluding carboxylic acids is 1. The largest absolute Gasteiger partial charge is 0.299 e. The van der Waals surface area contributed by atoms with Crippen LogP contribution < -0.4 is 0 Å². The van der Waals surface area contributed by atoms with E-state index < -0.39 is 0 Å². The normalized spacial score (nSPS) is 11.3. The van der Waals surface area contributed by atoms with E-state index in [2.05, 4.69) is 20.8 Å². The number of thiocarbonyl (C=S) groups is 1. The molecule has 1 aromatic carbocycles. The standard InChI is InChI=1S/C15H19FOS/c1-15(2,3)10-13(18)9-12(17)8-11-6-4-5-7-14(11)16/h4-7H,8-10H2,1-3H3.